The minimum atomic E-state index is -0.446. The number of nitrogens with zero attached hydrogens (tertiary/aromatic N) is 2. The van der Waals surface area contributed by atoms with Gasteiger partial charge in [-0.25, -0.2) is 4.79 Å². The molecule has 0 saturated carbocycles. The van der Waals surface area contributed by atoms with Crippen molar-refractivity contribution in [2.75, 3.05) is 0 Å². The molecule has 0 N–H and O–H groups in total. The molecule has 5 heteroatoms. The molecule has 1 aromatic heterocycles. The van der Waals surface area contributed by atoms with Crippen molar-refractivity contribution in [3.63, 3.8) is 0 Å². The quantitative estimate of drug-likeness (QED) is 0.797. The van der Waals surface area contributed by atoms with Crippen LogP contribution < -0.4 is 10.4 Å². The second-order valence-electron chi connectivity index (χ2n) is 5.27. The van der Waals surface area contributed by atoms with Gasteiger partial charge in [-0.05, 0) is 29.2 Å². The molecule has 0 radical (unpaired) electrons. The van der Waals surface area contributed by atoms with E-state index in [-0.39, 0.29) is 11.8 Å². The van der Waals surface area contributed by atoms with Crippen LogP contribution in [0.25, 0.3) is 0 Å². The number of aryl methyl sites for hydroxylation is 1. The van der Waals surface area contributed by atoms with E-state index < -0.39 is 11.5 Å². The molecule has 0 aliphatic heterocycles. The van der Waals surface area contributed by atoms with Crippen molar-refractivity contribution in [3.05, 3.63) is 28.2 Å². The summed E-state index contributed by atoms with van der Waals surface area (Å²) in [6.45, 7) is 7.86. The molecule has 0 fully saturated rings. The van der Waals surface area contributed by atoms with Gasteiger partial charge in [0, 0.05) is 12.5 Å². The normalized spacial score (nSPS) is 11.3. The summed E-state index contributed by atoms with van der Waals surface area (Å²) in [6.07, 6.45) is 2.44. The zero-order valence-electron chi connectivity index (χ0n) is 10.7. The first-order chi connectivity index (χ1) is 7.78. The lowest BCUT2D eigenvalue weighted by atomic mass is 9.91. The van der Waals surface area contributed by atoms with Gasteiger partial charge in [-0.15, -0.1) is 5.10 Å². The Bertz CT molecular complexity index is 458. The number of carbonyl (C=O) groups is 1. The molecule has 17 heavy (non-hydrogen) atoms. The highest BCUT2D eigenvalue weighted by Crippen LogP contribution is 2.20. The molecule has 0 aliphatic rings. The van der Waals surface area contributed by atoms with Gasteiger partial charge in [0.15, 0.2) is 0 Å². The topological polar surface area (TPSA) is 61.2 Å². The Morgan fingerprint density at radius 3 is 2.65 bits per heavy atom. The predicted octanol–water partition coefficient (Wildman–Crippen LogP) is 1.33. The van der Waals surface area contributed by atoms with Crippen LogP contribution >= 0.6 is 0 Å². The van der Waals surface area contributed by atoms with E-state index >= 15 is 0 Å². The number of hydrogen-bond donors (Lipinski definition) is 0. The van der Waals surface area contributed by atoms with Crippen LogP contribution in [0.2, 0.25) is 0 Å². The minimum Gasteiger partial charge on any atom is -0.316 e. The highest BCUT2D eigenvalue weighted by Gasteiger charge is 2.14. The second kappa shape index (κ2) is 5.12. The van der Waals surface area contributed by atoms with Gasteiger partial charge in [0.1, 0.15) is 0 Å². The van der Waals surface area contributed by atoms with Gasteiger partial charge in [-0.1, -0.05) is 20.8 Å². The van der Waals surface area contributed by atoms with Crippen LogP contribution in [0.3, 0.4) is 0 Å². The van der Waals surface area contributed by atoms with E-state index in [9.17, 15) is 9.59 Å². The lowest BCUT2D eigenvalue weighted by Crippen LogP contribution is -2.32. The largest absolute Gasteiger partial charge is 0.335 e. The van der Waals surface area contributed by atoms with Crippen molar-refractivity contribution < 1.29 is 9.63 Å². The summed E-state index contributed by atoms with van der Waals surface area (Å²) in [5, 5.41) is 3.72. The van der Waals surface area contributed by atoms with Crippen LogP contribution in [0.15, 0.2) is 17.1 Å². The van der Waals surface area contributed by atoms with Crippen molar-refractivity contribution in [2.45, 2.75) is 40.5 Å². The van der Waals surface area contributed by atoms with Crippen molar-refractivity contribution >= 4 is 5.97 Å². The molecule has 0 unspecified atom stereocenters. The Morgan fingerprint density at radius 2 is 2.12 bits per heavy atom. The van der Waals surface area contributed by atoms with Crippen molar-refractivity contribution in [1.29, 1.82) is 0 Å². The van der Waals surface area contributed by atoms with Gasteiger partial charge in [0.25, 0.3) is 0 Å². The zero-order chi connectivity index (χ0) is 13.1. The smallest absolute Gasteiger partial charge is 0.316 e. The van der Waals surface area contributed by atoms with E-state index in [1.807, 2.05) is 20.8 Å². The molecule has 5 nitrogen and oxygen atoms in total. The molecule has 1 aromatic rings. The van der Waals surface area contributed by atoms with E-state index in [0.717, 1.165) is 10.4 Å². The van der Waals surface area contributed by atoms with E-state index in [0.29, 0.717) is 6.42 Å². The Kier molecular flexibility index (Phi) is 4.04. The second-order valence-corrected chi connectivity index (χ2v) is 5.27. The molecule has 0 aromatic carbocycles. The fourth-order valence-electron chi connectivity index (χ4n) is 1.18. The maximum Gasteiger partial charge on any atom is 0.335 e. The molecule has 1 rings (SSSR count). The Labute approximate surface area is 100 Å². The lowest BCUT2D eigenvalue weighted by Gasteiger charge is -2.16. The molecule has 0 aliphatic carbocycles. The molecular formula is C12H18N2O3. The van der Waals surface area contributed by atoms with Crippen LogP contribution in [-0.2, 0) is 4.79 Å². The standard InChI is InChI=1S/C12H18N2O3/c1-9-7-10(15)14(13-8-9)17-11(16)5-6-12(2,3)4/h7-8H,5-6H2,1-4H3. The van der Waals surface area contributed by atoms with Gasteiger partial charge >= 0.3 is 11.5 Å². The number of rotatable bonds is 3. The van der Waals surface area contributed by atoms with E-state index in [4.69, 9.17) is 4.84 Å². The zero-order valence-corrected chi connectivity index (χ0v) is 10.7. The monoisotopic (exact) mass is 238 g/mol. The first-order valence-electron chi connectivity index (χ1n) is 5.55. The van der Waals surface area contributed by atoms with Crippen molar-refractivity contribution in [2.24, 2.45) is 5.41 Å². The first-order valence-corrected chi connectivity index (χ1v) is 5.55. The predicted molar refractivity (Wildman–Crippen MR) is 63.5 cm³/mol. The average Bonchev–Trinajstić information content (AvgIpc) is 2.18. The summed E-state index contributed by atoms with van der Waals surface area (Å²) < 4.78 is 0. The Hall–Kier alpha value is -1.65. The minimum absolute atomic E-state index is 0.0602. The fourth-order valence-corrected chi connectivity index (χ4v) is 1.18. The molecule has 1 heterocycles. The van der Waals surface area contributed by atoms with Crippen LogP contribution in [0.5, 0.6) is 0 Å². The lowest BCUT2D eigenvalue weighted by molar-refractivity contribution is -0.147. The molecule has 0 saturated heterocycles. The molecule has 0 spiro atoms. The van der Waals surface area contributed by atoms with Crippen molar-refractivity contribution in [1.82, 2.24) is 9.94 Å². The number of aromatic nitrogens is 2. The van der Waals surface area contributed by atoms with Gasteiger partial charge in [0.05, 0.1) is 6.20 Å². The summed E-state index contributed by atoms with van der Waals surface area (Å²) in [4.78, 5) is 28.4. The summed E-state index contributed by atoms with van der Waals surface area (Å²) in [5.74, 6) is -0.446. The maximum atomic E-state index is 11.5. The van der Waals surface area contributed by atoms with Crippen molar-refractivity contribution in [3.8, 4) is 0 Å². The van der Waals surface area contributed by atoms with Gasteiger partial charge in [-0.3, -0.25) is 4.79 Å². The molecule has 0 atom stereocenters. The molecule has 94 valence electrons. The van der Waals surface area contributed by atoms with Crippen LogP contribution in [0.1, 0.15) is 39.2 Å². The highest BCUT2D eigenvalue weighted by molar-refractivity contribution is 5.69. The van der Waals surface area contributed by atoms with Gasteiger partial charge in [0.2, 0.25) is 0 Å². The third-order valence-electron chi connectivity index (χ3n) is 2.17. The Balaban J connectivity index is 2.60. The summed E-state index contributed by atoms with van der Waals surface area (Å²) >= 11 is 0. The number of carbonyl (C=O) groups excluding carboxylic acids is 1. The SMILES string of the molecule is Cc1cnn(OC(=O)CCC(C)(C)C)c(=O)c1. The Morgan fingerprint density at radius 1 is 1.47 bits per heavy atom. The maximum absolute atomic E-state index is 11.5. The first kappa shape index (κ1) is 13.4. The molecule has 0 bridgehead atoms. The van der Waals surface area contributed by atoms with Crippen LogP contribution in [0, 0.1) is 12.3 Å². The van der Waals surface area contributed by atoms with E-state index in [2.05, 4.69) is 5.10 Å². The number of hydrogen-bond acceptors (Lipinski definition) is 4. The van der Waals surface area contributed by atoms with Gasteiger partial charge in [-0.2, -0.15) is 0 Å². The van der Waals surface area contributed by atoms with Crippen LogP contribution in [-0.4, -0.2) is 15.9 Å². The third kappa shape index (κ3) is 4.80. The third-order valence-corrected chi connectivity index (χ3v) is 2.17. The summed E-state index contributed by atoms with van der Waals surface area (Å²) in [7, 11) is 0. The fraction of sp³-hybridized carbons (Fsp3) is 0.583. The van der Waals surface area contributed by atoms with Crippen LogP contribution in [0.4, 0.5) is 0 Å². The van der Waals surface area contributed by atoms with Gasteiger partial charge < -0.3 is 4.84 Å². The summed E-state index contributed by atoms with van der Waals surface area (Å²) in [6, 6.07) is 1.37. The summed E-state index contributed by atoms with van der Waals surface area (Å²) in [5.41, 5.74) is 0.358. The molecule has 0 amide bonds. The molecular weight excluding hydrogens is 220 g/mol. The van der Waals surface area contributed by atoms with E-state index in [1.54, 1.807) is 6.92 Å². The highest BCUT2D eigenvalue weighted by atomic mass is 16.7. The average molecular weight is 238 g/mol. The van der Waals surface area contributed by atoms with E-state index in [1.165, 1.54) is 12.3 Å².